The fourth-order valence-corrected chi connectivity index (χ4v) is 2.84. The van der Waals surface area contributed by atoms with Gasteiger partial charge in [-0.05, 0) is 29.8 Å². The van der Waals surface area contributed by atoms with Gasteiger partial charge in [-0.3, -0.25) is 0 Å². The molecule has 0 atom stereocenters. The van der Waals surface area contributed by atoms with E-state index in [1.165, 1.54) is 0 Å². The lowest BCUT2D eigenvalue weighted by Gasteiger charge is -2.08. The van der Waals surface area contributed by atoms with Gasteiger partial charge in [0.1, 0.15) is 5.75 Å². The molecule has 0 saturated heterocycles. The van der Waals surface area contributed by atoms with E-state index in [1.54, 1.807) is 7.11 Å². The van der Waals surface area contributed by atoms with E-state index in [4.69, 9.17) is 14.7 Å². The lowest BCUT2D eigenvalue weighted by molar-refractivity contribution is 0.415. The Kier molecular flexibility index (Phi) is 4.44. The Morgan fingerprint density at radius 1 is 0.769 bits per heavy atom. The van der Waals surface area contributed by atoms with Gasteiger partial charge in [0, 0.05) is 10.9 Å². The average molecular weight is 338 g/mol. The van der Waals surface area contributed by atoms with Crippen LogP contribution in [0.5, 0.6) is 5.75 Å². The van der Waals surface area contributed by atoms with Crippen molar-refractivity contribution in [3.8, 4) is 17.1 Å². The molecule has 3 nitrogen and oxygen atoms in total. The standard InChI is InChI=1S/C23H18N2O/c1-26-19-13-15-22-20(16-19)21(14-12-17-8-4-2-5-9-17)24-23(25-22)18-10-6-3-7-11-18/h2-16H,1H3/b14-12+. The first kappa shape index (κ1) is 16.0. The van der Waals surface area contributed by atoms with Gasteiger partial charge < -0.3 is 4.74 Å². The summed E-state index contributed by atoms with van der Waals surface area (Å²) in [6.07, 6.45) is 4.10. The topological polar surface area (TPSA) is 35.0 Å². The van der Waals surface area contributed by atoms with Crippen LogP contribution in [0.4, 0.5) is 0 Å². The van der Waals surface area contributed by atoms with Crippen LogP contribution in [0.25, 0.3) is 34.4 Å². The number of hydrogen-bond acceptors (Lipinski definition) is 3. The molecule has 0 fully saturated rings. The van der Waals surface area contributed by atoms with Crippen molar-refractivity contribution in [1.29, 1.82) is 0 Å². The highest BCUT2D eigenvalue weighted by atomic mass is 16.5. The number of methoxy groups -OCH3 is 1. The largest absolute Gasteiger partial charge is 0.497 e. The highest BCUT2D eigenvalue weighted by Crippen LogP contribution is 2.26. The summed E-state index contributed by atoms with van der Waals surface area (Å²) in [5, 5.41) is 0.969. The molecule has 0 aliphatic heterocycles. The second-order valence-corrected chi connectivity index (χ2v) is 5.93. The number of hydrogen-bond donors (Lipinski definition) is 0. The van der Waals surface area contributed by atoms with Crippen molar-refractivity contribution in [3.63, 3.8) is 0 Å². The number of aromatic nitrogens is 2. The van der Waals surface area contributed by atoms with Crippen molar-refractivity contribution in [1.82, 2.24) is 9.97 Å². The van der Waals surface area contributed by atoms with E-state index >= 15 is 0 Å². The first-order chi connectivity index (χ1) is 12.8. The SMILES string of the molecule is COc1ccc2nc(-c3ccccc3)nc(/C=C/c3ccccc3)c2c1. The Hall–Kier alpha value is -3.46. The Labute approximate surface area is 152 Å². The Balaban J connectivity index is 1.88. The van der Waals surface area contributed by atoms with Gasteiger partial charge >= 0.3 is 0 Å². The minimum absolute atomic E-state index is 0.718. The summed E-state index contributed by atoms with van der Waals surface area (Å²) >= 11 is 0. The Morgan fingerprint density at radius 3 is 2.23 bits per heavy atom. The lowest BCUT2D eigenvalue weighted by Crippen LogP contribution is -1.95. The predicted molar refractivity (Wildman–Crippen MR) is 107 cm³/mol. The maximum absolute atomic E-state index is 5.38. The highest BCUT2D eigenvalue weighted by molar-refractivity contribution is 5.91. The van der Waals surface area contributed by atoms with E-state index in [0.717, 1.165) is 39.3 Å². The van der Waals surface area contributed by atoms with Crippen LogP contribution in [0.2, 0.25) is 0 Å². The number of ether oxygens (including phenoxy) is 1. The second-order valence-electron chi connectivity index (χ2n) is 5.93. The summed E-state index contributed by atoms with van der Waals surface area (Å²) in [5.41, 5.74) is 3.90. The summed E-state index contributed by atoms with van der Waals surface area (Å²) in [5.74, 6) is 1.51. The summed E-state index contributed by atoms with van der Waals surface area (Å²) in [4.78, 5) is 9.54. The van der Waals surface area contributed by atoms with Crippen molar-refractivity contribution in [2.45, 2.75) is 0 Å². The van der Waals surface area contributed by atoms with Crippen molar-refractivity contribution in [3.05, 3.63) is 90.1 Å². The van der Waals surface area contributed by atoms with E-state index in [9.17, 15) is 0 Å². The molecule has 0 bridgehead atoms. The predicted octanol–water partition coefficient (Wildman–Crippen LogP) is 5.48. The van der Waals surface area contributed by atoms with E-state index in [2.05, 4.69) is 18.2 Å². The van der Waals surface area contributed by atoms with E-state index in [-0.39, 0.29) is 0 Å². The van der Waals surface area contributed by atoms with E-state index in [0.29, 0.717) is 0 Å². The molecule has 4 aromatic rings. The molecule has 0 N–H and O–H groups in total. The van der Waals surface area contributed by atoms with Crippen LogP contribution in [0, 0.1) is 0 Å². The fourth-order valence-electron chi connectivity index (χ4n) is 2.84. The Morgan fingerprint density at radius 2 is 1.50 bits per heavy atom. The first-order valence-corrected chi connectivity index (χ1v) is 8.48. The quantitative estimate of drug-likeness (QED) is 0.494. The van der Waals surface area contributed by atoms with Crippen LogP contribution in [0.1, 0.15) is 11.3 Å². The summed E-state index contributed by atoms with van der Waals surface area (Å²) in [7, 11) is 1.67. The minimum Gasteiger partial charge on any atom is -0.497 e. The number of benzene rings is 3. The van der Waals surface area contributed by atoms with Gasteiger partial charge in [0.15, 0.2) is 5.82 Å². The summed E-state index contributed by atoms with van der Waals surface area (Å²) in [6.45, 7) is 0. The molecular weight excluding hydrogens is 320 g/mol. The van der Waals surface area contributed by atoms with E-state index < -0.39 is 0 Å². The first-order valence-electron chi connectivity index (χ1n) is 8.48. The van der Waals surface area contributed by atoms with Crippen LogP contribution >= 0.6 is 0 Å². The molecule has 0 unspecified atom stereocenters. The number of rotatable bonds is 4. The second kappa shape index (κ2) is 7.19. The third kappa shape index (κ3) is 3.33. The molecule has 4 rings (SSSR count). The molecule has 1 aromatic heterocycles. The van der Waals surface area contributed by atoms with Crippen LogP contribution in [-0.2, 0) is 0 Å². The maximum Gasteiger partial charge on any atom is 0.160 e. The minimum atomic E-state index is 0.718. The van der Waals surface area contributed by atoms with Gasteiger partial charge in [0.25, 0.3) is 0 Å². The van der Waals surface area contributed by atoms with Gasteiger partial charge in [-0.1, -0.05) is 66.7 Å². The van der Waals surface area contributed by atoms with Crippen molar-refractivity contribution in [2.24, 2.45) is 0 Å². The zero-order valence-electron chi connectivity index (χ0n) is 14.5. The molecule has 3 aromatic carbocycles. The van der Waals surface area contributed by atoms with Crippen LogP contribution in [-0.4, -0.2) is 17.1 Å². The lowest BCUT2D eigenvalue weighted by atomic mass is 10.1. The van der Waals surface area contributed by atoms with Gasteiger partial charge in [-0.2, -0.15) is 0 Å². The van der Waals surface area contributed by atoms with Crippen LogP contribution in [0.3, 0.4) is 0 Å². The molecule has 1 heterocycles. The van der Waals surface area contributed by atoms with Crippen molar-refractivity contribution >= 4 is 23.1 Å². The van der Waals surface area contributed by atoms with Gasteiger partial charge in [0.05, 0.1) is 18.3 Å². The monoisotopic (exact) mass is 338 g/mol. The fraction of sp³-hybridized carbons (Fsp3) is 0.0435. The van der Waals surface area contributed by atoms with Crippen molar-refractivity contribution < 1.29 is 4.74 Å². The van der Waals surface area contributed by atoms with E-state index in [1.807, 2.05) is 72.8 Å². The highest BCUT2D eigenvalue weighted by Gasteiger charge is 2.09. The molecule has 0 aliphatic carbocycles. The molecule has 0 radical (unpaired) electrons. The molecule has 3 heteroatoms. The van der Waals surface area contributed by atoms with Crippen molar-refractivity contribution in [2.75, 3.05) is 7.11 Å². The van der Waals surface area contributed by atoms with Crippen LogP contribution in [0.15, 0.2) is 78.9 Å². The number of fused-ring (bicyclic) bond motifs is 1. The van der Waals surface area contributed by atoms with Gasteiger partial charge in [0.2, 0.25) is 0 Å². The zero-order valence-corrected chi connectivity index (χ0v) is 14.5. The van der Waals surface area contributed by atoms with Crippen LogP contribution < -0.4 is 4.74 Å². The normalized spacial score (nSPS) is 11.1. The molecule has 26 heavy (non-hydrogen) atoms. The summed E-state index contributed by atoms with van der Waals surface area (Å²) < 4.78 is 5.38. The third-order valence-corrected chi connectivity index (χ3v) is 4.20. The molecule has 0 saturated carbocycles. The zero-order chi connectivity index (χ0) is 17.8. The molecule has 0 amide bonds. The van der Waals surface area contributed by atoms with Gasteiger partial charge in [-0.25, -0.2) is 9.97 Å². The summed E-state index contributed by atoms with van der Waals surface area (Å²) in [6, 6.07) is 26.1. The smallest absolute Gasteiger partial charge is 0.160 e. The third-order valence-electron chi connectivity index (χ3n) is 4.20. The average Bonchev–Trinajstić information content (AvgIpc) is 2.73. The molecule has 0 aliphatic rings. The Bertz CT molecular complexity index is 1060. The molecular formula is C23H18N2O. The van der Waals surface area contributed by atoms with Gasteiger partial charge in [-0.15, -0.1) is 0 Å². The number of nitrogens with zero attached hydrogens (tertiary/aromatic N) is 2. The molecule has 126 valence electrons. The maximum atomic E-state index is 5.38. The molecule has 0 spiro atoms.